The minimum absolute atomic E-state index is 0.0475. The topological polar surface area (TPSA) is 82.1 Å². The first-order chi connectivity index (χ1) is 14.8. The Balaban J connectivity index is 2.25. The molecule has 0 aliphatic rings. The van der Waals surface area contributed by atoms with E-state index in [4.69, 9.17) is 14.2 Å². The fourth-order valence-electron chi connectivity index (χ4n) is 2.79. The zero-order valence-corrected chi connectivity index (χ0v) is 17.8. The van der Waals surface area contributed by atoms with Crippen molar-refractivity contribution in [3.8, 4) is 17.2 Å². The summed E-state index contributed by atoms with van der Waals surface area (Å²) in [5.74, 6) is -2.79. The van der Waals surface area contributed by atoms with Crippen molar-refractivity contribution in [2.75, 3.05) is 14.2 Å². The number of ether oxygens (including phenoxy) is 3. The summed E-state index contributed by atoms with van der Waals surface area (Å²) in [6, 6.07) is 4.76. The average molecular weight is 458 g/mol. The van der Waals surface area contributed by atoms with Crippen LogP contribution >= 0.6 is 0 Å². The van der Waals surface area contributed by atoms with Gasteiger partial charge in [-0.2, -0.15) is 13.2 Å². The number of carbonyl (C=O) groups is 2. The summed E-state index contributed by atoms with van der Waals surface area (Å²) in [5.41, 5.74) is -2.68. The number of hydrogen-bond donors (Lipinski definition) is 1. The Morgan fingerprint density at radius 1 is 1.00 bits per heavy atom. The molecule has 0 aliphatic heterocycles. The molecule has 0 radical (unpaired) electrons. The number of benzene rings is 2. The van der Waals surface area contributed by atoms with E-state index in [1.165, 1.54) is 40.2 Å². The van der Waals surface area contributed by atoms with E-state index in [2.05, 4.69) is 0 Å². The first-order valence-corrected chi connectivity index (χ1v) is 9.37. The lowest BCUT2D eigenvalue weighted by Crippen LogP contribution is -2.38. The average Bonchev–Trinajstić information content (AvgIpc) is 2.71. The second kappa shape index (κ2) is 9.46. The van der Waals surface area contributed by atoms with E-state index in [1.54, 1.807) is 0 Å². The Morgan fingerprint density at radius 3 is 2.00 bits per heavy atom. The van der Waals surface area contributed by atoms with E-state index in [0.717, 1.165) is 6.07 Å². The molecule has 0 saturated heterocycles. The number of alkyl halides is 3. The molecule has 2 aromatic rings. The van der Waals surface area contributed by atoms with Crippen molar-refractivity contribution >= 4 is 11.8 Å². The summed E-state index contributed by atoms with van der Waals surface area (Å²) in [6.07, 6.45) is -4.82. The number of hydrogen-bond acceptors (Lipinski definition) is 5. The molecule has 0 saturated carbocycles. The Bertz CT molecular complexity index is 989. The maximum absolute atomic E-state index is 14.0. The lowest BCUT2D eigenvalue weighted by atomic mass is 10.0. The third-order valence-electron chi connectivity index (χ3n) is 4.63. The van der Waals surface area contributed by atoms with Crippen LogP contribution in [-0.2, 0) is 17.4 Å². The normalized spacial score (nSPS) is 11.8. The number of aliphatic carboxylic acids is 1. The predicted octanol–water partition coefficient (Wildman–Crippen LogP) is 4.92. The van der Waals surface area contributed by atoms with Gasteiger partial charge in [-0.3, -0.25) is 4.79 Å². The standard InChI is InChI=1S/C22H22F4O6/c1-21(2,20(28)29)32-19-17(30-3)9-12(10-18(19)31-4)5-8-16(27)14-7-6-13(11-15(14)23)22(24,25)26/h6-7,9-11H,5,8H2,1-4H3,(H,28,29). The first-order valence-electron chi connectivity index (χ1n) is 9.37. The van der Waals surface area contributed by atoms with Crippen LogP contribution in [0.3, 0.4) is 0 Å². The van der Waals surface area contributed by atoms with Gasteiger partial charge in [0.05, 0.1) is 25.3 Å². The van der Waals surface area contributed by atoms with Crippen LogP contribution in [0.25, 0.3) is 0 Å². The molecule has 10 heteroatoms. The number of halogens is 4. The lowest BCUT2D eigenvalue weighted by molar-refractivity contribution is -0.152. The summed E-state index contributed by atoms with van der Waals surface area (Å²) >= 11 is 0. The number of methoxy groups -OCH3 is 2. The van der Waals surface area contributed by atoms with Crippen LogP contribution in [0, 0.1) is 5.82 Å². The molecular formula is C22H22F4O6. The second-order valence-corrected chi connectivity index (χ2v) is 7.36. The summed E-state index contributed by atoms with van der Waals surface area (Å²) in [6.45, 7) is 2.69. The van der Waals surface area contributed by atoms with E-state index in [-0.39, 0.29) is 36.2 Å². The first kappa shape index (κ1) is 25.0. The number of ketones is 1. The Labute approximate surface area is 181 Å². The highest BCUT2D eigenvalue weighted by molar-refractivity contribution is 5.96. The van der Waals surface area contributed by atoms with Gasteiger partial charge in [0.1, 0.15) is 5.82 Å². The van der Waals surface area contributed by atoms with Crippen molar-refractivity contribution in [1.29, 1.82) is 0 Å². The van der Waals surface area contributed by atoms with E-state index < -0.39 is 40.5 Å². The van der Waals surface area contributed by atoms with Gasteiger partial charge < -0.3 is 19.3 Å². The Kier molecular flexibility index (Phi) is 7.38. The predicted molar refractivity (Wildman–Crippen MR) is 106 cm³/mol. The molecule has 1 N–H and O–H groups in total. The molecule has 0 heterocycles. The van der Waals surface area contributed by atoms with Crippen molar-refractivity contribution in [2.45, 2.75) is 38.5 Å². The number of aryl methyl sites for hydroxylation is 1. The Morgan fingerprint density at radius 2 is 1.56 bits per heavy atom. The monoisotopic (exact) mass is 458 g/mol. The minimum Gasteiger partial charge on any atom is -0.493 e. The molecule has 0 bridgehead atoms. The van der Waals surface area contributed by atoms with Crippen molar-refractivity contribution < 1.29 is 46.5 Å². The van der Waals surface area contributed by atoms with Crippen LogP contribution in [0.5, 0.6) is 17.2 Å². The molecule has 174 valence electrons. The summed E-state index contributed by atoms with van der Waals surface area (Å²) < 4.78 is 68.1. The second-order valence-electron chi connectivity index (χ2n) is 7.36. The number of carboxylic acids is 1. The molecule has 0 aliphatic carbocycles. The zero-order valence-electron chi connectivity index (χ0n) is 17.8. The maximum Gasteiger partial charge on any atom is 0.416 e. The third-order valence-corrected chi connectivity index (χ3v) is 4.63. The summed E-state index contributed by atoms with van der Waals surface area (Å²) in [4.78, 5) is 23.7. The van der Waals surface area contributed by atoms with Crippen LogP contribution in [0.2, 0.25) is 0 Å². The summed E-state index contributed by atoms with van der Waals surface area (Å²) in [5, 5.41) is 9.28. The van der Waals surface area contributed by atoms with Gasteiger partial charge in [-0.25, -0.2) is 9.18 Å². The zero-order chi connectivity index (χ0) is 24.3. The highest BCUT2D eigenvalue weighted by Gasteiger charge is 2.33. The largest absolute Gasteiger partial charge is 0.493 e. The van der Waals surface area contributed by atoms with E-state index in [9.17, 15) is 32.3 Å². The molecule has 6 nitrogen and oxygen atoms in total. The fourth-order valence-corrected chi connectivity index (χ4v) is 2.79. The van der Waals surface area contributed by atoms with E-state index in [1.807, 2.05) is 0 Å². The molecule has 2 aromatic carbocycles. The highest BCUT2D eigenvalue weighted by atomic mass is 19.4. The number of carbonyl (C=O) groups excluding carboxylic acids is 1. The van der Waals surface area contributed by atoms with Gasteiger partial charge in [0.15, 0.2) is 22.9 Å². The maximum atomic E-state index is 14.0. The molecule has 0 unspecified atom stereocenters. The highest BCUT2D eigenvalue weighted by Crippen LogP contribution is 2.41. The van der Waals surface area contributed by atoms with Crippen LogP contribution in [0.1, 0.15) is 41.8 Å². The molecule has 32 heavy (non-hydrogen) atoms. The SMILES string of the molecule is COc1cc(CCC(=O)c2ccc(C(F)(F)F)cc2F)cc(OC)c1OC(C)(C)C(=O)O. The van der Waals surface area contributed by atoms with Crippen LogP contribution in [0.4, 0.5) is 17.6 Å². The van der Waals surface area contributed by atoms with Gasteiger partial charge >= 0.3 is 12.1 Å². The molecule has 2 rings (SSSR count). The van der Waals surface area contributed by atoms with Crippen LogP contribution in [-0.4, -0.2) is 36.7 Å². The van der Waals surface area contributed by atoms with Gasteiger partial charge in [-0.05, 0) is 56.2 Å². The minimum atomic E-state index is -4.71. The van der Waals surface area contributed by atoms with Crippen LogP contribution in [0.15, 0.2) is 30.3 Å². The van der Waals surface area contributed by atoms with E-state index >= 15 is 0 Å². The third kappa shape index (κ3) is 5.68. The fraction of sp³-hybridized carbons (Fsp3) is 0.364. The molecule has 0 atom stereocenters. The number of rotatable bonds is 9. The van der Waals surface area contributed by atoms with Gasteiger partial charge in [0, 0.05) is 6.42 Å². The van der Waals surface area contributed by atoms with Crippen molar-refractivity contribution in [3.63, 3.8) is 0 Å². The molecule has 0 fully saturated rings. The van der Waals surface area contributed by atoms with Gasteiger partial charge in [0.2, 0.25) is 5.75 Å². The van der Waals surface area contributed by atoms with Crippen LogP contribution < -0.4 is 14.2 Å². The molecule has 0 spiro atoms. The molecular weight excluding hydrogens is 436 g/mol. The van der Waals surface area contributed by atoms with Gasteiger partial charge in [0.25, 0.3) is 0 Å². The van der Waals surface area contributed by atoms with Crippen molar-refractivity contribution in [2.24, 2.45) is 0 Å². The van der Waals surface area contributed by atoms with E-state index in [0.29, 0.717) is 11.6 Å². The quantitative estimate of drug-likeness (QED) is 0.424. The number of carboxylic acid groups (broad SMARTS) is 1. The summed E-state index contributed by atoms with van der Waals surface area (Å²) in [7, 11) is 2.67. The number of Topliss-reactive ketones (excluding diaryl/α,β-unsaturated/α-hetero) is 1. The molecule has 0 amide bonds. The van der Waals surface area contributed by atoms with Gasteiger partial charge in [-0.1, -0.05) is 0 Å². The van der Waals surface area contributed by atoms with Gasteiger partial charge in [-0.15, -0.1) is 0 Å². The molecule has 0 aromatic heterocycles. The lowest BCUT2D eigenvalue weighted by Gasteiger charge is -2.24. The Hall–Kier alpha value is -3.30. The van der Waals surface area contributed by atoms with Crippen molar-refractivity contribution in [1.82, 2.24) is 0 Å². The smallest absolute Gasteiger partial charge is 0.416 e. The van der Waals surface area contributed by atoms with Crippen molar-refractivity contribution in [3.05, 3.63) is 52.8 Å².